The summed E-state index contributed by atoms with van der Waals surface area (Å²) in [5.74, 6) is 0. The predicted octanol–water partition coefficient (Wildman–Crippen LogP) is 6.25. The van der Waals surface area contributed by atoms with E-state index in [1.807, 2.05) is 43.3 Å². The molecule has 3 aromatic carbocycles. The van der Waals surface area contributed by atoms with Gasteiger partial charge in [0.2, 0.25) is 0 Å². The van der Waals surface area contributed by atoms with Crippen LogP contribution in [0.3, 0.4) is 0 Å². The average Bonchev–Trinajstić information content (AvgIpc) is 3.14. The van der Waals surface area contributed by atoms with Gasteiger partial charge in [-0.25, -0.2) is 9.48 Å². The third-order valence-electron chi connectivity index (χ3n) is 5.72. The molecule has 0 amide bonds. The number of rotatable bonds is 4. The van der Waals surface area contributed by atoms with Crippen LogP contribution >= 0.6 is 11.6 Å². The molecule has 0 fully saturated rings. The van der Waals surface area contributed by atoms with Gasteiger partial charge in [0.05, 0.1) is 18.3 Å². The lowest BCUT2D eigenvalue weighted by Gasteiger charge is -2.11. The standard InChI is InChI=1S/C26H18ClF3N4O/c1-16-2-6-18(7-3-16)22-14-31-34-24(23(22)19-8-12-21(27)13-9-19)32-33(25(34)35)15-17-4-10-20(11-5-17)26(28,29)30/h2-14H,15H2,1H3. The largest absolute Gasteiger partial charge is 0.416 e. The second-order valence-corrected chi connectivity index (χ2v) is 8.61. The highest BCUT2D eigenvalue weighted by Gasteiger charge is 2.30. The van der Waals surface area contributed by atoms with E-state index in [1.54, 1.807) is 18.3 Å². The van der Waals surface area contributed by atoms with Crippen molar-refractivity contribution >= 4 is 17.2 Å². The smallest absolute Gasteiger partial charge is 0.244 e. The number of alkyl halides is 3. The van der Waals surface area contributed by atoms with E-state index in [9.17, 15) is 18.0 Å². The summed E-state index contributed by atoms with van der Waals surface area (Å²) in [7, 11) is 0. The quantitative estimate of drug-likeness (QED) is 0.296. The molecule has 5 rings (SSSR count). The molecule has 0 aliphatic rings. The van der Waals surface area contributed by atoms with Crippen molar-refractivity contribution in [3.05, 3.63) is 111 Å². The number of nitrogens with zero attached hydrogens (tertiary/aromatic N) is 4. The summed E-state index contributed by atoms with van der Waals surface area (Å²) >= 11 is 6.09. The lowest BCUT2D eigenvalue weighted by Crippen LogP contribution is -2.23. The van der Waals surface area contributed by atoms with E-state index in [1.165, 1.54) is 21.3 Å². The zero-order valence-corrected chi connectivity index (χ0v) is 19.2. The summed E-state index contributed by atoms with van der Waals surface area (Å²) in [4.78, 5) is 13.1. The zero-order chi connectivity index (χ0) is 24.7. The van der Waals surface area contributed by atoms with E-state index in [2.05, 4.69) is 10.2 Å². The van der Waals surface area contributed by atoms with Gasteiger partial charge in [-0.15, -0.1) is 5.10 Å². The molecule has 0 bridgehead atoms. The highest BCUT2D eigenvalue weighted by molar-refractivity contribution is 6.30. The first kappa shape index (κ1) is 22.9. The summed E-state index contributed by atoms with van der Waals surface area (Å²) in [6.45, 7) is 1.99. The van der Waals surface area contributed by atoms with Crippen LogP contribution in [-0.4, -0.2) is 19.4 Å². The Labute approximate surface area is 203 Å². The van der Waals surface area contributed by atoms with Crippen molar-refractivity contribution in [2.45, 2.75) is 19.6 Å². The maximum absolute atomic E-state index is 13.1. The van der Waals surface area contributed by atoms with Crippen LogP contribution in [0.25, 0.3) is 27.9 Å². The minimum atomic E-state index is -4.43. The molecule has 0 aliphatic heterocycles. The summed E-state index contributed by atoms with van der Waals surface area (Å²) in [5, 5.41) is 9.44. The molecule has 2 heterocycles. The topological polar surface area (TPSA) is 52.2 Å². The average molecular weight is 495 g/mol. The minimum Gasteiger partial charge on any atom is -0.244 e. The van der Waals surface area contributed by atoms with Crippen LogP contribution in [-0.2, 0) is 12.7 Å². The van der Waals surface area contributed by atoms with Crippen molar-refractivity contribution < 1.29 is 13.2 Å². The third kappa shape index (κ3) is 4.44. The lowest BCUT2D eigenvalue weighted by atomic mass is 9.96. The molecule has 2 aromatic heterocycles. The van der Waals surface area contributed by atoms with Gasteiger partial charge in [-0.05, 0) is 47.9 Å². The Bertz CT molecular complexity index is 1570. The van der Waals surface area contributed by atoms with Crippen molar-refractivity contribution in [2.24, 2.45) is 0 Å². The maximum atomic E-state index is 13.1. The lowest BCUT2D eigenvalue weighted by molar-refractivity contribution is -0.137. The fraction of sp³-hybridized carbons (Fsp3) is 0.115. The molecular weight excluding hydrogens is 477 g/mol. The minimum absolute atomic E-state index is 0.000251. The van der Waals surface area contributed by atoms with Gasteiger partial charge in [0.1, 0.15) is 0 Å². The van der Waals surface area contributed by atoms with Gasteiger partial charge < -0.3 is 0 Å². The number of aryl methyl sites for hydroxylation is 1. The maximum Gasteiger partial charge on any atom is 0.416 e. The van der Waals surface area contributed by atoms with Gasteiger partial charge in [0.25, 0.3) is 0 Å². The predicted molar refractivity (Wildman–Crippen MR) is 128 cm³/mol. The van der Waals surface area contributed by atoms with Crippen LogP contribution in [0.5, 0.6) is 0 Å². The SMILES string of the molecule is Cc1ccc(-c2cnn3c(=O)n(Cc4ccc(C(F)(F)F)cc4)nc3c2-c2ccc(Cl)cc2)cc1. The molecule has 0 aliphatic carbocycles. The van der Waals surface area contributed by atoms with Gasteiger partial charge >= 0.3 is 11.9 Å². The highest BCUT2D eigenvalue weighted by Crippen LogP contribution is 2.34. The molecule has 0 atom stereocenters. The fourth-order valence-corrected chi connectivity index (χ4v) is 4.01. The number of aromatic nitrogens is 4. The van der Waals surface area contributed by atoms with Crippen LogP contribution in [0.4, 0.5) is 13.2 Å². The highest BCUT2D eigenvalue weighted by atomic mass is 35.5. The summed E-state index contributed by atoms with van der Waals surface area (Å²) in [6.07, 6.45) is -2.81. The van der Waals surface area contributed by atoms with Gasteiger partial charge in [0.15, 0.2) is 5.65 Å². The Morgan fingerprint density at radius 1 is 0.886 bits per heavy atom. The molecule has 176 valence electrons. The first-order chi connectivity index (χ1) is 16.7. The first-order valence-electron chi connectivity index (χ1n) is 10.7. The van der Waals surface area contributed by atoms with E-state index in [0.29, 0.717) is 21.8 Å². The Balaban J connectivity index is 1.66. The van der Waals surface area contributed by atoms with Crippen molar-refractivity contribution in [1.82, 2.24) is 19.4 Å². The van der Waals surface area contributed by atoms with Gasteiger partial charge in [0, 0.05) is 16.1 Å². The Morgan fingerprint density at radius 3 is 2.14 bits per heavy atom. The van der Waals surface area contributed by atoms with E-state index >= 15 is 0 Å². The number of fused-ring (bicyclic) bond motifs is 1. The van der Waals surface area contributed by atoms with Crippen molar-refractivity contribution in [2.75, 3.05) is 0 Å². The second-order valence-electron chi connectivity index (χ2n) is 8.18. The molecular formula is C26H18ClF3N4O. The molecule has 0 spiro atoms. The van der Waals surface area contributed by atoms with Crippen molar-refractivity contribution in [3.63, 3.8) is 0 Å². The summed E-state index contributed by atoms with van der Waals surface area (Å²) < 4.78 is 41.1. The molecule has 0 radical (unpaired) electrons. The monoisotopic (exact) mass is 494 g/mol. The van der Waals surface area contributed by atoms with Gasteiger partial charge in [-0.1, -0.05) is 65.7 Å². The summed E-state index contributed by atoms with van der Waals surface area (Å²) in [5.41, 5.74) is 3.88. The molecule has 0 saturated carbocycles. The van der Waals surface area contributed by atoms with Crippen LogP contribution in [0.2, 0.25) is 5.02 Å². The molecule has 35 heavy (non-hydrogen) atoms. The summed E-state index contributed by atoms with van der Waals surface area (Å²) in [6, 6.07) is 19.8. The number of hydrogen-bond acceptors (Lipinski definition) is 3. The van der Waals surface area contributed by atoms with E-state index in [-0.39, 0.29) is 6.54 Å². The van der Waals surface area contributed by atoms with Crippen molar-refractivity contribution in [3.8, 4) is 22.3 Å². The number of halogens is 4. The van der Waals surface area contributed by atoms with Crippen LogP contribution in [0.1, 0.15) is 16.7 Å². The van der Waals surface area contributed by atoms with Gasteiger partial charge in [-0.2, -0.15) is 22.8 Å². The zero-order valence-electron chi connectivity index (χ0n) is 18.4. The van der Waals surface area contributed by atoms with E-state index < -0.39 is 17.4 Å². The number of benzene rings is 3. The second kappa shape index (κ2) is 8.70. The number of hydrogen-bond donors (Lipinski definition) is 0. The Hall–Kier alpha value is -3.91. The van der Waals surface area contributed by atoms with Crippen LogP contribution in [0.15, 0.2) is 83.8 Å². The molecule has 5 aromatic rings. The molecule has 0 N–H and O–H groups in total. The van der Waals surface area contributed by atoms with E-state index in [0.717, 1.165) is 34.4 Å². The van der Waals surface area contributed by atoms with Crippen molar-refractivity contribution in [1.29, 1.82) is 0 Å². The first-order valence-corrected chi connectivity index (χ1v) is 11.1. The molecule has 5 nitrogen and oxygen atoms in total. The molecule has 0 saturated heterocycles. The fourth-order valence-electron chi connectivity index (χ4n) is 3.89. The molecule has 9 heteroatoms. The van der Waals surface area contributed by atoms with Crippen LogP contribution in [0, 0.1) is 6.92 Å². The normalized spacial score (nSPS) is 11.8. The third-order valence-corrected chi connectivity index (χ3v) is 5.97. The Morgan fingerprint density at radius 2 is 1.51 bits per heavy atom. The Kier molecular flexibility index (Phi) is 5.68. The molecule has 0 unspecified atom stereocenters. The van der Waals surface area contributed by atoms with Gasteiger partial charge in [-0.3, -0.25) is 0 Å². The van der Waals surface area contributed by atoms with Crippen LogP contribution < -0.4 is 5.69 Å². The van der Waals surface area contributed by atoms with E-state index in [4.69, 9.17) is 11.6 Å².